The van der Waals surface area contributed by atoms with Gasteiger partial charge in [-0.2, -0.15) is 10.1 Å². The molecular weight excluding hydrogens is 320 g/mol. The summed E-state index contributed by atoms with van der Waals surface area (Å²) < 4.78 is 13.0. The Bertz CT molecular complexity index is 816. The molecule has 1 fully saturated rings. The number of hydrogen-bond donors (Lipinski definition) is 0. The molecule has 0 bridgehead atoms. The molecule has 3 heterocycles. The van der Waals surface area contributed by atoms with Crippen molar-refractivity contribution in [3.05, 3.63) is 48.3 Å². The van der Waals surface area contributed by atoms with Gasteiger partial charge >= 0.3 is 0 Å². The van der Waals surface area contributed by atoms with Gasteiger partial charge in [-0.1, -0.05) is 22.9 Å². The first-order valence-electron chi connectivity index (χ1n) is 8.32. The van der Waals surface area contributed by atoms with Crippen molar-refractivity contribution in [2.75, 3.05) is 19.7 Å². The Hall–Kier alpha value is -2.58. The summed E-state index contributed by atoms with van der Waals surface area (Å²) in [7, 11) is 0. The largest absolute Gasteiger partial charge is 0.374 e. The quantitative estimate of drug-likeness (QED) is 0.697. The average molecular weight is 340 g/mol. The molecule has 1 saturated heterocycles. The monoisotopic (exact) mass is 340 g/mol. The predicted octanol–water partition coefficient (Wildman–Crippen LogP) is 1.54. The summed E-state index contributed by atoms with van der Waals surface area (Å²) in [6.07, 6.45) is 3.32. The van der Waals surface area contributed by atoms with Crippen molar-refractivity contribution in [1.82, 2.24) is 29.8 Å². The topological polar surface area (TPSA) is 82.1 Å². The molecule has 2 aromatic heterocycles. The minimum absolute atomic E-state index is 0.0820. The molecule has 25 heavy (non-hydrogen) atoms. The first-order chi connectivity index (χ1) is 12.3. The van der Waals surface area contributed by atoms with Crippen LogP contribution in [0, 0.1) is 6.92 Å². The summed E-state index contributed by atoms with van der Waals surface area (Å²) in [6, 6.07) is 8.06. The van der Waals surface area contributed by atoms with Crippen LogP contribution in [-0.2, 0) is 17.8 Å². The third-order valence-corrected chi connectivity index (χ3v) is 4.18. The molecule has 0 radical (unpaired) electrons. The lowest BCUT2D eigenvalue weighted by molar-refractivity contribution is -0.0411. The zero-order valence-electron chi connectivity index (χ0n) is 14.1. The van der Waals surface area contributed by atoms with Gasteiger partial charge in [0.2, 0.25) is 0 Å². The molecule has 8 heteroatoms. The van der Waals surface area contributed by atoms with Gasteiger partial charge in [-0.15, -0.1) is 0 Å². The van der Waals surface area contributed by atoms with E-state index in [2.05, 4.69) is 25.1 Å². The fourth-order valence-electron chi connectivity index (χ4n) is 2.98. The van der Waals surface area contributed by atoms with Crippen LogP contribution >= 0.6 is 0 Å². The maximum Gasteiger partial charge on any atom is 0.257 e. The van der Waals surface area contributed by atoms with E-state index in [1.807, 2.05) is 31.2 Å². The van der Waals surface area contributed by atoms with Crippen LogP contribution in [0.3, 0.4) is 0 Å². The van der Waals surface area contributed by atoms with Crippen LogP contribution in [-0.4, -0.2) is 55.6 Å². The molecule has 8 nitrogen and oxygen atoms in total. The van der Waals surface area contributed by atoms with Gasteiger partial charge in [-0.05, 0) is 19.1 Å². The van der Waals surface area contributed by atoms with Crippen LogP contribution in [0.2, 0.25) is 0 Å². The fraction of sp³-hybridized carbons (Fsp3) is 0.412. The molecule has 4 rings (SSSR count). The highest BCUT2D eigenvalue weighted by Gasteiger charge is 2.22. The van der Waals surface area contributed by atoms with Gasteiger partial charge in [0.15, 0.2) is 5.82 Å². The number of rotatable bonds is 5. The lowest BCUT2D eigenvalue weighted by atomic mass is 10.1. The molecule has 3 aromatic rings. The maximum atomic E-state index is 5.81. The third kappa shape index (κ3) is 3.92. The van der Waals surface area contributed by atoms with Crippen LogP contribution in [0.1, 0.15) is 11.4 Å². The zero-order valence-corrected chi connectivity index (χ0v) is 14.1. The Kier molecular flexibility index (Phi) is 4.53. The molecule has 0 aliphatic carbocycles. The van der Waals surface area contributed by atoms with Crippen molar-refractivity contribution >= 4 is 0 Å². The minimum atomic E-state index is 0.0820. The van der Waals surface area contributed by atoms with Gasteiger partial charge in [0.25, 0.3) is 5.89 Å². The van der Waals surface area contributed by atoms with Gasteiger partial charge < -0.3 is 9.26 Å². The molecular formula is C17H20N6O2. The second-order valence-electron chi connectivity index (χ2n) is 6.23. The maximum absolute atomic E-state index is 5.81. The van der Waals surface area contributed by atoms with E-state index < -0.39 is 0 Å². The lowest BCUT2D eigenvalue weighted by Crippen LogP contribution is -2.43. The fourth-order valence-corrected chi connectivity index (χ4v) is 2.98. The van der Waals surface area contributed by atoms with Gasteiger partial charge in [0.05, 0.1) is 25.8 Å². The molecule has 0 spiro atoms. The molecule has 0 N–H and O–H groups in total. The van der Waals surface area contributed by atoms with E-state index in [9.17, 15) is 0 Å². The average Bonchev–Trinajstić information content (AvgIpc) is 3.27. The van der Waals surface area contributed by atoms with Crippen molar-refractivity contribution in [3.8, 4) is 11.5 Å². The van der Waals surface area contributed by atoms with Crippen LogP contribution in [0.5, 0.6) is 0 Å². The Morgan fingerprint density at radius 3 is 3.12 bits per heavy atom. The Labute approximate surface area is 145 Å². The molecule has 1 aliphatic rings. The van der Waals surface area contributed by atoms with E-state index in [4.69, 9.17) is 9.26 Å². The van der Waals surface area contributed by atoms with E-state index in [0.29, 0.717) is 31.4 Å². The number of aryl methyl sites for hydroxylation is 1. The summed E-state index contributed by atoms with van der Waals surface area (Å²) in [5.41, 5.74) is 2.12. The first-order valence-corrected chi connectivity index (χ1v) is 8.32. The van der Waals surface area contributed by atoms with Gasteiger partial charge in [-0.3, -0.25) is 9.58 Å². The van der Waals surface area contributed by atoms with Gasteiger partial charge in [0.1, 0.15) is 12.7 Å². The van der Waals surface area contributed by atoms with E-state index in [1.165, 1.54) is 11.9 Å². The summed E-state index contributed by atoms with van der Waals surface area (Å²) in [6.45, 7) is 5.71. The second-order valence-corrected chi connectivity index (χ2v) is 6.23. The van der Waals surface area contributed by atoms with Crippen LogP contribution in [0.4, 0.5) is 0 Å². The third-order valence-electron chi connectivity index (χ3n) is 4.18. The Balaban J connectivity index is 1.38. The van der Waals surface area contributed by atoms with Crippen LogP contribution < -0.4 is 0 Å². The van der Waals surface area contributed by atoms with Crippen molar-refractivity contribution in [3.63, 3.8) is 0 Å². The van der Waals surface area contributed by atoms with Crippen molar-refractivity contribution in [2.45, 2.75) is 26.1 Å². The minimum Gasteiger partial charge on any atom is -0.374 e. The first kappa shape index (κ1) is 15.9. The molecule has 1 aromatic carbocycles. The number of hydrogen-bond acceptors (Lipinski definition) is 7. The highest BCUT2D eigenvalue weighted by atomic mass is 16.5. The van der Waals surface area contributed by atoms with Crippen molar-refractivity contribution in [2.24, 2.45) is 0 Å². The standard InChI is InChI=1S/C17H20N6O2/c1-13-3-2-4-14(7-13)17-20-16(21-25-17)10-22-5-6-24-15(8-22)9-23-12-18-11-19-23/h2-4,7,11-12,15H,5-6,8-10H2,1H3. The normalized spacial score (nSPS) is 18.5. The number of nitrogens with zero attached hydrogens (tertiary/aromatic N) is 6. The van der Waals surface area contributed by atoms with Crippen molar-refractivity contribution < 1.29 is 9.26 Å². The number of morpholine rings is 1. The molecule has 0 saturated carbocycles. The molecule has 1 aliphatic heterocycles. The van der Waals surface area contributed by atoms with E-state index >= 15 is 0 Å². The SMILES string of the molecule is Cc1cccc(-c2nc(CN3CCOC(Cn4cncn4)C3)no2)c1. The number of aromatic nitrogens is 5. The van der Waals surface area contributed by atoms with Crippen LogP contribution in [0.25, 0.3) is 11.5 Å². The van der Waals surface area contributed by atoms with Crippen LogP contribution in [0.15, 0.2) is 41.4 Å². The van der Waals surface area contributed by atoms with E-state index in [-0.39, 0.29) is 6.10 Å². The molecule has 130 valence electrons. The highest BCUT2D eigenvalue weighted by molar-refractivity contribution is 5.53. The second kappa shape index (κ2) is 7.12. The van der Waals surface area contributed by atoms with Gasteiger partial charge in [0, 0.05) is 18.7 Å². The Morgan fingerprint density at radius 1 is 1.32 bits per heavy atom. The zero-order chi connectivity index (χ0) is 17.1. The Morgan fingerprint density at radius 2 is 2.28 bits per heavy atom. The van der Waals surface area contributed by atoms with Gasteiger partial charge in [-0.25, -0.2) is 4.98 Å². The summed E-state index contributed by atoms with van der Waals surface area (Å²) in [4.78, 5) is 10.8. The smallest absolute Gasteiger partial charge is 0.257 e. The number of ether oxygens (including phenoxy) is 1. The molecule has 0 amide bonds. The summed E-state index contributed by atoms with van der Waals surface area (Å²) in [5.74, 6) is 1.25. The molecule has 1 atom stereocenters. The summed E-state index contributed by atoms with van der Waals surface area (Å²) in [5, 5.41) is 8.25. The number of benzene rings is 1. The lowest BCUT2D eigenvalue weighted by Gasteiger charge is -2.31. The van der Waals surface area contributed by atoms with E-state index in [1.54, 1.807) is 11.0 Å². The van der Waals surface area contributed by atoms with E-state index in [0.717, 1.165) is 18.7 Å². The molecule has 1 unspecified atom stereocenters. The summed E-state index contributed by atoms with van der Waals surface area (Å²) >= 11 is 0. The predicted molar refractivity (Wildman–Crippen MR) is 89.5 cm³/mol. The van der Waals surface area contributed by atoms with Crippen molar-refractivity contribution in [1.29, 1.82) is 0 Å². The highest BCUT2D eigenvalue weighted by Crippen LogP contribution is 2.19.